The van der Waals surface area contributed by atoms with Crippen molar-refractivity contribution in [2.75, 3.05) is 33.1 Å². The zero-order valence-corrected chi connectivity index (χ0v) is 15.8. The van der Waals surface area contributed by atoms with E-state index in [2.05, 4.69) is 5.32 Å². The fourth-order valence-corrected chi connectivity index (χ4v) is 3.80. The van der Waals surface area contributed by atoms with Crippen molar-refractivity contribution in [2.24, 2.45) is 5.92 Å². The highest BCUT2D eigenvalue weighted by molar-refractivity contribution is 7.88. The summed E-state index contributed by atoms with van der Waals surface area (Å²) in [6.07, 6.45) is 2.58. The van der Waals surface area contributed by atoms with Crippen molar-refractivity contribution >= 4 is 15.9 Å². The van der Waals surface area contributed by atoms with E-state index in [0.29, 0.717) is 44.0 Å². The summed E-state index contributed by atoms with van der Waals surface area (Å²) in [7, 11) is -1.68. The number of amides is 1. The normalized spacial score (nSPS) is 18.6. The van der Waals surface area contributed by atoms with E-state index in [9.17, 15) is 13.2 Å². The number of carbonyl (C=O) groups excluding carboxylic acids is 1. The van der Waals surface area contributed by atoms with Gasteiger partial charge in [-0.15, -0.1) is 0 Å². The Morgan fingerprint density at radius 1 is 1.36 bits per heavy atom. The monoisotopic (exact) mass is 370 g/mol. The molecule has 1 aromatic carbocycles. The fraction of sp³-hybridized carbons (Fsp3) is 0.588. The highest BCUT2D eigenvalue weighted by atomic mass is 32.2. The van der Waals surface area contributed by atoms with Gasteiger partial charge in [-0.05, 0) is 37.5 Å². The number of methoxy groups -OCH3 is 1. The Morgan fingerprint density at radius 3 is 2.76 bits per heavy atom. The Kier molecular flexibility index (Phi) is 6.66. The highest BCUT2D eigenvalue weighted by Gasteiger charge is 2.29. The van der Waals surface area contributed by atoms with Gasteiger partial charge in [-0.25, -0.2) is 12.7 Å². The predicted octanol–water partition coefficient (Wildman–Crippen LogP) is 1.38. The third-order valence-electron chi connectivity index (χ3n) is 4.22. The predicted molar refractivity (Wildman–Crippen MR) is 95.2 cm³/mol. The maximum atomic E-state index is 12.4. The maximum Gasteiger partial charge on any atom is 0.224 e. The van der Waals surface area contributed by atoms with E-state index < -0.39 is 10.0 Å². The second kappa shape index (κ2) is 8.53. The van der Waals surface area contributed by atoms with Crippen LogP contribution < -0.4 is 14.8 Å². The van der Waals surface area contributed by atoms with E-state index in [0.717, 1.165) is 5.56 Å². The fourth-order valence-electron chi connectivity index (χ4n) is 2.89. The molecular weight excluding hydrogens is 344 g/mol. The van der Waals surface area contributed by atoms with Gasteiger partial charge in [0, 0.05) is 19.6 Å². The van der Waals surface area contributed by atoms with Gasteiger partial charge in [0.05, 0.1) is 25.9 Å². The van der Waals surface area contributed by atoms with Crippen molar-refractivity contribution in [2.45, 2.75) is 26.3 Å². The molecule has 1 aliphatic rings. The molecule has 0 radical (unpaired) electrons. The minimum atomic E-state index is -3.26. The zero-order chi connectivity index (χ0) is 18.4. The standard InChI is InChI=1S/C17H26N2O5S/c1-4-24-16-10-13(7-8-15(16)23-2)11-18-17(20)14-6-5-9-19(12-14)25(3,21)22/h7-8,10,14H,4-6,9,11-12H2,1-3H3,(H,18,20)/t14-/m0/s1. The zero-order valence-electron chi connectivity index (χ0n) is 14.9. The van der Waals surface area contributed by atoms with Crippen LogP contribution in [0.25, 0.3) is 0 Å². The van der Waals surface area contributed by atoms with Gasteiger partial charge in [-0.1, -0.05) is 6.07 Å². The van der Waals surface area contributed by atoms with Gasteiger partial charge in [0.25, 0.3) is 0 Å². The summed E-state index contributed by atoms with van der Waals surface area (Å²) >= 11 is 0. The molecule has 25 heavy (non-hydrogen) atoms. The maximum absolute atomic E-state index is 12.4. The molecule has 0 saturated carbocycles. The topological polar surface area (TPSA) is 84.9 Å². The first-order valence-corrected chi connectivity index (χ1v) is 10.2. The minimum Gasteiger partial charge on any atom is -0.493 e. The number of piperidine rings is 1. The number of ether oxygens (including phenoxy) is 2. The van der Waals surface area contributed by atoms with Gasteiger partial charge in [-0.3, -0.25) is 4.79 Å². The Hall–Kier alpha value is -1.80. The molecule has 7 nitrogen and oxygen atoms in total. The molecule has 0 spiro atoms. The molecule has 0 aliphatic carbocycles. The summed E-state index contributed by atoms with van der Waals surface area (Å²) in [6, 6.07) is 5.51. The molecule has 1 amide bonds. The average molecular weight is 370 g/mol. The van der Waals surface area contributed by atoms with E-state index in [-0.39, 0.29) is 18.4 Å². The summed E-state index contributed by atoms with van der Waals surface area (Å²) in [5.41, 5.74) is 0.897. The van der Waals surface area contributed by atoms with Gasteiger partial charge >= 0.3 is 0 Å². The average Bonchev–Trinajstić information content (AvgIpc) is 2.59. The van der Waals surface area contributed by atoms with Crippen LogP contribution in [0.15, 0.2) is 18.2 Å². The Balaban J connectivity index is 1.96. The second-order valence-electron chi connectivity index (χ2n) is 6.10. The number of nitrogens with zero attached hydrogens (tertiary/aromatic N) is 1. The van der Waals surface area contributed by atoms with Crippen molar-refractivity contribution < 1.29 is 22.7 Å². The molecule has 1 aliphatic heterocycles. The SMILES string of the molecule is CCOc1cc(CNC(=O)[C@H]2CCCN(S(C)(=O)=O)C2)ccc1OC. The number of carbonyl (C=O) groups is 1. The van der Waals surface area contributed by atoms with Gasteiger partial charge in [0.15, 0.2) is 11.5 Å². The van der Waals surface area contributed by atoms with E-state index in [1.807, 2.05) is 19.1 Å². The summed E-state index contributed by atoms with van der Waals surface area (Å²) in [5, 5.41) is 2.89. The molecule has 1 N–H and O–H groups in total. The Morgan fingerprint density at radius 2 is 2.12 bits per heavy atom. The van der Waals surface area contributed by atoms with E-state index in [1.54, 1.807) is 13.2 Å². The lowest BCUT2D eigenvalue weighted by atomic mass is 9.98. The first kappa shape index (κ1) is 19.5. The molecule has 1 heterocycles. The lowest BCUT2D eigenvalue weighted by molar-refractivity contribution is -0.126. The third kappa shape index (κ3) is 5.34. The number of sulfonamides is 1. The second-order valence-corrected chi connectivity index (χ2v) is 8.08. The first-order valence-electron chi connectivity index (χ1n) is 8.37. The van der Waals surface area contributed by atoms with Gasteiger partial charge in [0.2, 0.25) is 15.9 Å². The first-order chi connectivity index (χ1) is 11.8. The molecule has 140 valence electrons. The van der Waals surface area contributed by atoms with E-state index in [4.69, 9.17) is 9.47 Å². The molecule has 1 fully saturated rings. The lowest BCUT2D eigenvalue weighted by Crippen LogP contribution is -2.44. The highest BCUT2D eigenvalue weighted by Crippen LogP contribution is 2.28. The van der Waals surface area contributed by atoms with Crippen LogP contribution in [0.3, 0.4) is 0 Å². The molecule has 2 rings (SSSR count). The van der Waals surface area contributed by atoms with Gasteiger partial charge in [0.1, 0.15) is 0 Å². The summed E-state index contributed by atoms with van der Waals surface area (Å²) < 4.78 is 35.5. The van der Waals surface area contributed by atoms with Crippen LogP contribution in [0, 0.1) is 5.92 Å². The molecule has 8 heteroatoms. The smallest absolute Gasteiger partial charge is 0.224 e. The molecule has 1 saturated heterocycles. The Labute approximate surface area is 149 Å². The van der Waals surface area contributed by atoms with Crippen molar-refractivity contribution in [1.29, 1.82) is 0 Å². The van der Waals surface area contributed by atoms with Crippen LogP contribution in [0.5, 0.6) is 11.5 Å². The summed E-state index contributed by atoms with van der Waals surface area (Å²) in [4.78, 5) is 12.4. The van der Waals surface area contributed by atoms with Crippen LogP contribution in [0.4, 0.5) is 0 Å². The number of hydrogen-bond acceptors (Lipinski definition) is 5. The van der Waals surface area contributed by atoms with Crippen molar-refractivity contribution in [3.05, 3.63) is 23.8 Å². The van der Waals surface area contributed by atoms with Crippen LogP contribution in [-0.2, 0) is 21.4 Å². The number of nitrogens with one attached hydrogen (secondary N) is 1. The molecule has 0 aromatic heterocycles. The van der Waals surface area contributed by atoms with Crippen LogP contribution in [0.2, 0.25) is 0 Å². The van der Waals surface area contributed by atoms with Crippen LogP contribution in [0.1, 0.15) is 25.3 Å². The molecule has 0 bridgehead atoms. The van der Waals surface area contributed by atoms with Crippen molar-refractivity contribution in [3.8, 4) is 11.5 Å². The summed E-state index contributed by atoms with van der Waals surface area (Å²) in [6.45, 7) is 3.51. The summed E-state index contributed by atoms with van der Waals surface area (Å²) in [5.74, 6) is 0.848. The largest absolute Gasteiger partial charge is 0.493 e. The quantitative estimate of drug-likeness (QED) is 0.784. The van der Waals surface area contributed by atoms with Crippen LogP contribution in [-0.4, -0.2) is 51.7 Å². The number of benzene rings is 1. The molecule has 1 atom stereocenters. The van der Waals surface area contributed by atoms with Crippen molar-refractivity contribution in [1.82, 2.24) is 9.62 Å². The van der Waals surface area contributed by atoms with Crippen molar-refractivity contribution in [3.63, 3.8) is 0 Å². The van der Waals surface area contributed by atoms with E-state index in [1.165, 1.54) is 10.6 Å². The van der Waals surface area contributed by atoms with Gasteiger partial charge < -0.3 is 14.8 Å². The molecule has 0 unspecified atom stereocenters. The van der Waals surface area contributed by atoms with E-state index >= 15 is 0 Å². The molecule has 1 aromatic rings. The Bertz CT molecular complexity index is 705. The molecular formula is C17H26N2O5S. The van der Waals surface area contributed by atoms with Crippen LogP contribution >= 0.6 is 0 Å². The third-order valence-corrected chi connectivity index (χ3v) is 5.49. The number of rotatable bonds is 7. The lowest BCUT2D eigenvalue weighted by Gasteiger charge is -2.30. The van der Waals surface area contributed by atoms with Gasteiger partial charge in [-0.2, -0.15) is 0 Å². The minimum absolute atomic E-state index is 0.123. The number of hydrogen-bond donors (Lipinski definition) is 1.